The molecule has 0 saturated heterocycles. The predicted octanol–water partition coefficient (Wildman–Crippen LogP) is 3.58. The van der Waals surface area contributed by atoms with Gasteiger partial charge in [0, 0.05) is 16.1 Å². The molecule has 0 bridgehead atoms. The Kier molecular flexibility index (Phi) is 4.68. The highest BCUT2D eigenvalue weighted by atomic mass is 79.9. The molecule has 0 radical (unpaired) electrons. The van der Waals surface area contributed by atoms with E-state index in [2.05, 4.69) is 36.8 Å². The van der Waals surface area contributed by atoms with Gasteiger partial charge in [-0.2, -0.15) is 0 Å². The lowest BCUT2D eigenvalue weighted by atomic mass is 10.2. The summed E-state index contributed by atoms with van der Waals surface area (Å²) in [5, 5.41) is 13.8. The van der Waals surface area contributed by atoms with E-state index in [0.717, 1.165) is 10.2 Å². The minimum atomic E-state index is -0.0868. The SMILES string of the molecule is CC(C)C(=O)Nc1ccc(Nc2cccc(Br)c2)nn1. The topological polar surface area (TPSA) is 66.9 Å². The molecule has 0 atom stereocenters. The Morgan fingerprint density at radius 1 is 1.15 bits per heavy atom. The van der Waals surface area contributed by atoms with Crippen LogP contribution in [0.5, 0.6) is 0 Å². The first kappa shape index (κ1) is 14.5. The van der Waals surface area contributed by atoms with Crippen molar-refractivity contribution in [1.82, 2.24) is 10.2 Å². The molecule has 0 aliphatic rings. The smallest absolute Gasteiger partial charge is 0.228 e. The van der Waals surface area contributed by atoms with E-state index >= 15 is 0 Å². The number of amides is 1. The van der Waals surface area contributed by atoms with Gasteiger partial charge in [-0.05, 0) is 30.3 Å². The van der Waals surface area contributed by atoms with E-state index in [9.17, 15) is 4.79 Å². The Labute approximate surface area is 125 Å². The number of hydrogen-bond donors (Lipinski definition) is 2. The van der Waals surface area contributed by atoms with Crippen molar-refractivity contribution in [2.24, 2.45) is 5.92 Å². The van der Waals surface area contributed by atoms with Crippen molar-refractivity contribution in [3.63, 3.8) is 0 Å². The van der Waals surface area contributed by atoms with Crippen molar-refractivity contribution in [2.45, 2.75) is 13.8 Å². The molecule has 1 heterocycles. The van der Waals surface area contributed by atoms with Crippen LogP contribution in [-0.4, -0.2) is 16.1 Å². The van der Waals surface area contributed by atoms with E-state index in [1.165, 1.54) is 0 Å². The van der Waals surface area contributed by atoms with Gasteiger partial charge in [0.2, 0.25) is 5.91 Å². The number of nitrogens with one attached hydrogen (secondary N) is 2. The Balaban J connectivity index is 2.03. The van der Waals surface area contributed by atoms with Gasteiger partial charge in [-0.15, -0.1) is 10.2 Å². The summed E-state index contributed by atoms with van der Waals surface area (Å²) in [5.41, 5.74) is 0.910. The summed E-state index contributed by atoms with van der Waals surface area (Å²) in [4.78, 5) is 11.5. The zero-order chi connectivity index (χ0) is 14.5. The van der Waals surface area contributed by atoms with Gasteiger partial charge in [0.15, 0.2) is 11.6 Å². The molecule has 0 spiro atoms. The normalized spacial score (nSPS) is 10.4. The zero-order valence-corrected chi connectivity index (χ0v) is 12.8. The quantitative estimate of drug-likeness (QED) is 0.896. The van der Waals surface area contributed by atoms with Gasteiger partial charge in [-0.25, -0.2) is 0 Å². The molecular formula is C14H15BrN4O. The maximum Gasteiger partial charge on any atom is 0.228 e. The lowest BCUT2D eigenvalue weighted by Gasteiger charge is -2.08. The maximum atomic E-state index is 11.5. The minimum absolute atomic E-state index is 0.0769. The third-order valence-electron chi connectivity index (χ3n) is 2.54. The average molecular weight is 335 g/mol. The molecule has 104 valence electrons. The largest absolute Gasteiger partial charge is 0.339 e. The summed E-state index contributed by atoms with van der Waals surface area (Å²) in [6.45, 7) is 3.65. The molecule has 20 heavy (non-hydrogen) atoms. The maximum absolute atomic E-state index is 11.5. The Morgan fingerprint density at radius 3 is 2.45 bits per heavy atom. The van der Waals surface area contributed by atoms with Crippen LogP contribution in [0.2, 0.25) is 0 Å². The molecule has 2 aromatic rings. The number of halogens is 1. The average Bonchev–Trinajstić information content (AvgIpc) is 2.41. The van der Waals surface area contributed by atoms with Crippen LogP contribution < -0.4 is 10.6 Å². The van der Waals surface area contributed by atoms with E-state index in [1.807, 2.05) is 38.1 Å². The van der Waals surface area contributed by atoms with E-state index in [0.29, 0.717) is 11.6 Å². The number of anilines is 3. The van der Waals surface area contributed by atoms with E-state index in [4.69, 9.17) is 0 Å². The standard InChI is InChI=1S/C14H15BrN4O/c1-9(2)14(20)17-13-7-6-12(18-19-13)16-11-5-3-4-10(15)8-11/h3-9H,1-2H3,(H,16,18)(H,17,19,20). The number of aromatic nitrogens is 2. The van der Waals surface area contributed by atoms with Crippen LogP contribution in [0.1, 0.15) is 13.8 Å². The minimum Gasteiger partial charge on any atom is -0.339 e. The van der Waals surface area contributed by atoms with E-state index in [-0.39, 0.29) is 11.8 Å². The van der Waals surface area contributed by atoms with Crippen molar-refractivity contribution < 1.29 is 4.79 Å². The molecule has 1 aromatic carbocycles. The third kappa shape index (κ3) is 4.03. The van der Waals surface area contributed by atoms with Crippen LogP contribution in [0.4, 0.5) is 17.3 Å². The van der Waals surface area contributed by atoms with Gasteiger partial charge < -0.3 is 10.6 Å². The second-order valence-corrected chi connectivity index (χ2v) is 5.50. The third-order valence-corrected chi connectivity index (χ3v) is 3.03. The van der Waals surface area contributed by atoms with Gasteiger partial charge in [-0.3, -0.25) is 4.79 Å². The molecule has 5 nitrogen and oxygen atoms in total. The number of carbonyl (C=O) groups excluding carboxylic acids is 1. The summed E-state index contributed by atoms with van der Waals surface area (Å²) in [5.74, 6) is 0.900. The number of benzene rings is 1. The van der Waals surface area contributed by atoms with Gasteiger partial charge in [0.05, 0.1) is 0 Å². The molecule has 6 heteroatoms. The lowest BCUT2D eigenvalue weighted by molar-refractivity contribution is -0.118. The molecule has 0 aliphatic heterocycles. The number of rotatable bonds is 4. The Morgan fingerprint density at radius 2 is 1.85 bits per heavy atom. The van der Waals surface area contributed by atoms with E-state index in [1.54, 1.807) is 12.1 Å². The van der Waals surface area contributed by atoms with Crippen LogP contribution in [0.3, 0.4) is 0 Å². The van der Waals surface area contributed by atoms with Crippen molar-refractivity contribution in [1.29, 1.82) is 0 Å². The number of hydrogen-bond acceptors (Lipinski definition) is 4. The van der Waals surface area contributed by atoms with Gasteiger partial charge >= 0.3 is 0 Å². The summed E-state index contributed by atoms with van der Waals surface area (Å²) in [6.07, 6.45) is 0. The fraction of sp³-hybridized carbons (Fsp3) is 0.214. The number of carbonyl (C=O) groups is 1. The Hall–Kier alpha value is -1.95. The molecule has 2 rings (SSSR count). The fourth-order valence-electron chi connectivity index (χ4n) is 1.45. The van der Waals surface area contributed by atoms with Gasteiger partial charge in [0.25, 0.3) is 0 Å². The molecule has 0 fully saturated rings. The van der Waals surface area contributed by atoms with Crippen LogP contribution in [0.15, 0.2) is 40.9 Å². The first-order valence-electron chi connectivity index (χ1n) is 6.22. The van der Waals surface area contributed by atoms with Gasteiger partial charge in [-0.1, -0.05) is 35.8 Å². The van der Waals surface area contributed by atoms with Crippen molar-refractivity contribution >= 4 is 39.2 Å². The lowest BCUT2D eigenvalue weighted by Crippen LogP contribution is -2.18. The van der Waals surface area contributed by atoms with Crippen LogP contribution >= 0.6 is 15.9 Å². The molecule has 0 unspecified atom stereocenters. The molecule has 0 aliphatic carbocycles. The zero-order valence-electron chi connectivity index (χ0n) is 11.2. The molecular weight excluding hydrogens is 320 g/mol. The predicted molar refractivity (Wildman–Crippen MR) is 82.9 cm³/mol. The molecule has 1 aromatic heterocycles. The van der Waals surface area contributed by atoms with Crippen LogP contribution in [0, 0.1) is 5.92 Å². The highest BCUT2D eigenvalue weighted by Gasteiger charge is 2.08. The van der Waals surface area contributed by atoms with Gasteiger partial charge in [0.1, 0.15) is 0 Å². The summed E-state index contributed by atoms with van der Waals surface area (Å²) < 4.78 is 0.983. The second-order valence-electron chi connectivity index (χ2n) is 4.58. The monoisotopic (exact) mass is 334 g/mol. The second kappa shape index (κ2) is 6.47. The first-order valence-corrected chi connectivity index (χ1v) is 7.01. The summed E-state index contributed by atoms with van der Waals surface area (Å²) in [7, 11) is 0. The Bertz CT molecular complexity index is 598. The highest BCUT2D eigenvalue weighted by Crippen LogP contribution is 2.19. The van der Waals surface area contributed by atoms with Crippen molar-refractivity contribution in [2.75, 3.05) is 10.6 Å². The molecule has 2 N–H and O–H groups in total. The van der Waals surface area contributed by atoms with Crippen molar-refractivity contribution in [3.8, 4) is 0 Å². The summed E-state index contributed by atoms with van der Waals surface area (Å²) >= 11 is 3.40. The van der Waals surface area contributed by atoms with Crippen LogP contribution in [-0.2, 0) is 4.79 Å². The molecule has 0 saturated carbocycles. The number of nitrogens with zero attached hydrogens (tertiary/aromatic N) is 2. The summed E-state index contributed by atoms with van der Waals surface area (Å²) in [6, 6.07) is 11.2. The molecule has 1 amide bonds. The highest BCUT2D eigenvalue weighted by molar-refractivity contribution is 9.10. The first-order chi connectivity index (χ1) is 9.54. The van der Waals surface area contributed by atoms with Crippen molar-refractivity contribution in [3.05, 3.63) is 40.9 Å². The van der Waals surface area contributed by atoms with Crippen LogP contribution in [0.25, 0.3) is 0 Å². The van der Waals surface area contributed by atoms with E-state index < -0.39 is 0 Å². The fourth-order valence-corrected chi connectivity index (χ4v) is 1.85.